The predicted molar refractivity (Wildman–Crippen MR) is 152 cm³/mol. The summed E-state index contributed by atoms with van der Waals surface area (Å²) in [5.41, 5.74) is -2.95. The molecule has 0 fully saturated rings. The lowest BCUT2D eigenvalue weighted by Gasteiger charge is -2.20. The molecule has 0 aliphatic carbocycles. The molecule has 0 unspecified atom stereocenters. The van der Waals surface area contributed by atoms with Crippen LogP contribution in [0.2, 0.25) is 0 Å². The predicted octanol–water partition coefficient (Wildman–Crippen LogP) is 10.3. The third-order valence-corrected chi connectivity index (χ3v) is 7.11. The molecule has 1 heterocycles. The van der Waals surface area contributed by atoms with E-state index in [1.165, 1.54) is 12.4 Å². The molecular formula is C34H23F9N2O. The number of ether oxygens (including phenoxy) is 1. The van der Waals surface area contributed by atoms with Gasteiger partial charge in [0, 0.05) is 29.6 Å². The molecule has 0 spiro atoms. The summed E-state index contributed by atoms with van der Waals surface area (Å²) in [4.78, 5) is 8.14. The zero-order valence-electron chi connectivity index (χ0n) is 24.0. The monoisotopic (exact) mass is 646 g/mol. The standard InChI is InChI=1S/C34H23F9N2O/c1-2-3-4-5-18-16-44-33(45-17-18)21-13-29(40)32(30(41)14-21)34(42,43)46-22-7-8-23(25(36)15-22)20-11-27(38)31(28(39)12-20)19-6-9-24(35)26(37)10-19/h6-17H,2-5H2,1H3. The molecule has 0 saturated heterocycles. The van der Waals surface area contributed by atoms with Crippen molar-refractivity contribution in [3.05, 3.63) is 125 Å². The minimum atomic E-state index is -4.62. The fourth-order valence-corrected chi connectivity index (χ4v) is 4.84. The van der Waals surface area contributed by atoms with Crippen molar-refractivity contribution in [2.45, 2.75) is 38.7 Å². The number of nitrogens with zero attached hydrogens (tertiary/aromatic N) is 2. The van der Waals surface area contributed by atoms with Crippen LogP contribution in [-0.2, 0) is 12.5 Å². The highest BCUT2D eigenvalue weighted by Gasteiger charge is 2.41. The van der Waals surface area contributed by atoms with Gasteiger partial charge >= 0.3 is 6.11 Å². The second kappa shape index (κ2) is 13.2. The molecule has 0 aliphatic rings. The molecule has 238 valence electrons. The molecule has 0 radical (unpaired) electrons. The fraction of sp³-hybridized carbons (Fsp3) is 0.176. The van der Waals surface area contributed by atoms with E-state index in [4.69, 9.17) is 0 Å². The summed E-state index contributed by atoms with van der Waals surface area (Å²) in [6, 6.07) is 7.01. The Labute approximate surface area is 257 Å². The van der Waals surface area contributed by atoms with Gasteiger partial charge in [-0.1, -0.05) is 25.8 Å². The van der Waals surface area contributed by atoms with Crippen LogP contribution in [0.3, 0.4) is 0 Å². The van der Waals surface area contributed by atoms with E-state index in [1.54, 1.807) is 0 Å². The summed E-state index contributed by atoms with van der Waals surface area (Å²) in [5.74, 6) is -10.6. The number of hydrogen-bond donors (Lipinski definition) is 0. The van der Waals surface area contributed by atoms with Crippen molar-refractivity contribution < 1.29 is 44.3 Å². The maximum atomic E-state index is 15.0. The first-order valence-electron chi connectivity index (χ1n) is 14.0. The number of aromatic nitrogens is 2. The van der Waals surface area contributed by atoms with Gasteiger partial charge < -0.3 is 4.74 Å². The van der Waals surface area contributed by atoms with Crippen LogP contribution in [0.5, 0.6) is 5.75 Å². The van der Waals surface area contributed by atoms with E-state index in [1.807, 2.05) is 6.92 Å². The number of alkyl halides is 2. The average molecular weight is 647 g/mol. The van der Waals surface area contributed by atoms with Gasteiger partial charge in [0.2, 0.25) is 0 Å². The van der Waals surface area contributed by atoms with Gasteiger partial charge in [-0.2, -0.15) is 8.78 Å². The number of hydrogen-bond acceptors (Lipinski definition) is 3. The highest BCUT2D eigenvalue weighted by Crippen LogP contribution is 2.39. The quantitative estimate of drug-likeness (QED) is 0.112. The van der Waals surface area contributed by atoms with E-state index in [0.717, 1.165) is 43.0 Å². The van der Waals surface area contributed by atoms with E-state index in [0.29, 0.717) is 48.9 Å². The number of benzene rings is 4. The van der Waals surface area contributed by atoms with E-state index in [9.17, 15) is 30.7 Å². The van der Waals surface area contributed by atoms with Crippen LogP contribution in [0, 0.1) is 40.7 Å². The molecule has 0 atom stereocenters. The average Bonchev–Trinajstić information content (AvgIpc) is 2.98. The van der Waals surface area contributed by atoms with E-state index in [-0.39, 0.29) is 22.5 Å². The fourth-order valence-electron chi connectivity index (χ4n) is 4.84. The van der Waals surface area contributed by atoms with Crippen LogP contribution in [0.15, 0.2) is 73.1 Å². The van der Waals surface area contributed by atoms with Crippen LogP contribution in [0.1, 0.15) is 37.3 Å². The third-order valence-electron chi connectivity index (χ3n) is 7.11. The molecule has 5 aromatic rings. The number of rotatable bonds is 10. The lowest BCUT2D eigenvalue weighted by atomic mass is 9.98. The maximum Gasteiger partial charge on any atom is 0.432 e. The lowest BCUT2D eigenvalue weighted by molar-refractivity contribution is -0.189. The molecule has 5 rings (SSSR count). The second-order valence-electron chi connectivity index (χ2n) is 10.4. The van der Waals surface area contributed by atoms with Crippen molar-refractivity contribution in [1.82, 2.24) is 9.97 Å². The summed E-state index contributed by atoms with van der Waals surface area (Å²) in [6.45, 7) is 2.05. The Kier molecular flexibility index (Phi) is 9.36. The number of aryl methyl sites for hydroxylation is 1. The molecule has 0 aliphatic heterocycles. The van der Waals surface area contributed by atoms with Gasteiger partial charge in [0.05, 0.1) is 5.56 Å². The van der Waals surface area contributed by atoms with Gasteiger partial charge in [0.15, 0.2) is 17.5 Å². The Hall–Kier alpha value is -4.87. The first-order chi connectivity index (χ1) is 21.9. The van der Waals surface area contributed by atoms with Crippen LogP contribution in [-0.4, -0.2) is 9.97 Å². The Morgan fingerprint density at radius 1 is 0.609 bits per heavy atom. The second-order valence-corrected chi connectivity index (χ2v) is 10.4. The third kappa shape index (κ3) is 6.85. The zero-order chi connectivity index (χ0) is 33.2. The van der Waals surface area contributed by atoms with Crippen LogP contribution >= 0.6 is 0 Å². The molecule has 0 bridgehead atoms. The van der Waals surface area contributed by atoms with Crippen molar-refractivity contribution in [2.24, 2.45) is 0 Å². The Morgan fingerprint density at radius 2 is 1.22 bits per heavy atom. The number of unbranched alkanes of at least 4 members (excludes halogenated alkanes) is 2. The lowest BCUT2D eigenvalue weighted by Crippen LogP contribution is -2.25. The van der Waals surface area contributed by atoms with Crippen molar-refractivity contribution in [3.8, 4) is 39.4 Å². The van der Waals surface area contributed by atoms with Gasteiger partial charge in [-0.05, 0) is 78.1 Å². The molecular weight excluding hydrogens is 623 g/mol. The molecule has 46 heavy (non-hydrogen) atoms. The topological polar surface area (TPSA) is 35.0 Å². The minimum Gasteiger partial charge on any atom is -0.429 e. The van der Waals surface area contributed by atoms with Crippen LogP contribution in [0.25, 0.3) is 33.6 Å². The SMILES string of the molecule is CCCCCc1cnc(-c2cc(F)c(C(F)(F)Oc3ccc(-c4cc(F)c(-c5ccc(F)c(F)c5)c(F)c4)c(F)c3)c(F)c2)nc1. The van der Waals surface area contributed by atoms with E-state index >= 15 is 8.78 Å². The highest BCUT2D eigenvalue weighted by molar-refractivity contribution is 5.72. The summed E-state index contributed by atoms with van der Waals surface area (Å²) in [5, 5.41) is 0. The Bertz CT molecular complexity index is 1850. The number of halogens is 9. The Balaban J connectivity index is 1.36. The van der Waals surface area contributed by atoms with Crippen LogP contribution < -0.4 is 4.74 Å². The van der Waals surface area contributed by atoms with Crippen molar-refractivity contribution >= 4 is 0 Å². The van der Waals surface area contributed by atoms with Crippen molar-refractivity contribution in [3.63, 3.8) is 0 Å². The zero-order valence-corrected chi connectivity index (χ0v) is 24.0. The Morgan fingerprint density at radius 3 is 1.80 bits per heavy atom. The molecule has 4 aromatic carbocycles. The summed E-state index contributed by atoms with van der Waals surface area (Å²) >= 11 is 0. The molecule has 0 amide bonds. The molecule has 0 N–H and O–H groups in total. The minimum absolute atomic E-state index is 0.0868. The molecule has 12 heteroatoms. The van der Waals surface area contributed by atoms with Crippen LogP contribution in [0.4, 0.5) is 39.5 Å². The van der Waals surface area contributed by atoms with Gasteiger partial charge in [-0.3, -0.25) is 0 Å². The molecule has 1 aromatic heterocycles. The van der Waals surface area contributed by atoms with Gasteiger partial charge in [-0.15, -0.1) is 0 Å². The first-order valence-corrected chi connectivity index (χ1v) is 14.0. The van der Waals surface area contributed by atoms with Gasteiger partial charge in [0.25, 0.3) is 0 Å². The van der Waals surface area contributed by atoms with Gasteiger partial charge in [0.1, 0.15) is 40.4 Å². The van der Waals surface area contributed by atoms with E-state index in [2.05, 4.69) is 14.7 Å². The first kappa shape index (κ1) is 32.5. The molecule has 3 nitrogen and oxygen atoms in total. The highest BCUT2D eigenvalue weighted by atomic mass is 19.3. The largest absolute Gasteiger partial charge is 0.432 e. The normalized spacial score (nSPS) is 11.6. The summed E-state index contributed by atoms with van der Waals surface area (Å²) < 4.78 is 136. The van der Waals surface area contributed by atoms with Crippen molar-refractivity contribution in [1.29, 1.82) is 0 Å². The maximum absolute atomic E-state index is 15.0. The van der Waals surface area contributed by atoms with Gasteiger partial charge in [-0.25, -0.2) is 40.7 Å². The smallest absolute Gasteiger partial charge is 0.429 e. The summed E-state index contributed by atoms with van der Waals surface area (Å²) in [6.07, 6.45) is 2.00. The summed E-state index contributed by atoms with van der Waals surface area (Å²) in [7, 11) is 0. The van der Waals surface area contributed by atoms with Crippen molar-refractivity contribution in [2.75, 3.05) is 0 Å². The molecule has 0 saturated carbocycles. The van der Waals surface area contributed by atoms with E-state index < -0.39 is 69.3 Å².